The van der Waals surface area contributed by atoms with E-state index in [1.54, 1.807) is 23.1 Å². The van der Waals surface area contributed by atoms with Gasteiger partial charge in [-0.05, 0) is 26.8 Å². The van der Waals surface area contributed by atoms with Crippen LogP contribution in [0.15, 0.2) is 29.1 Å². The third kappa shape index (κ3) is 2.86. The normalized spacial score (nSPS) is 21.6. The highest BCUT2D eigenvalue weighted by atomic mass is 16.5. The van der Waals surface area contributed by atoms with Gasteiger partial charge >= 0.3 is 0 Å². The van der Waals surface area contributed by atoms with Crippen LogP contribution >= 0.6 is 0 Å². The van der Waals surface area contributed by atoms with Crippen LogP contribution in [0.5, 0.6) is 0 Å². The van der Waals surface area contributed by atoms with Crippen molar-refractivity contribution in [1.82, 2.24) is 14.7 Å². The number of benzene rings is 1. The lowest BCUT2D eigenvalue weighted by Gasteiger charge is -2.35. The van der Waals surface area contributed by atoms with Crippen molar-refractivity contribution >= 4 is 16.7 Å². The van der Waals surface area contributed by atoms with E-state index >= 15 is 0 Å². The fourth-order valence-corrected chi connectivity index (χ4v) is 3.10. The van der Waals surface area contributed by atoms with Crippen LogP contribution in [0, 0.1) is 0 Å². The van der Waals surface area contributed by atoms with E-state index in [-0.39, 0.29) is 23.7 Å². The first-order valence-electron chi connectivity index (χ1n) is 7.95. The minimum absolute atomic E-state index is 0.00829. The molecule has 0 aliphatic carbocycles. The van der Waals surface area contributed by atoms with Gasteiger partial charge in [-0.15, -0.1) is 0 Å². The monoisotopic (exact) mass is 315 g/mol. The molecule has 0 radical (unpaired) electrons. The highest BCUT2D eigenvalue weighted by Crippen LogP contribution is 2.18. The van der Waals surface area contributed by atoms with Gasteiger partial charge < -0.3 is 9.64 Å². The van der Waals surface area contributed by atoms with Crippen molar-refractivity contribution < 1.29 is 9.53 Å². The Morgan fingerprint density at radius 1 is 1.22 bits per heavy atom. The molecule has 1 aliphatic heterocycles. The first-order valence-corrected chi connectivity index (χ1v) is 7.95. The summed E-state index contributed by atoms with van der Waals surface area (Å²) < 4.78 is 7.03. The zero-order valence-corrected chi connectivity index (χ0v) is 13.7. The molecule has 2 heterocycles. The molecule has 0 N–H and O–H groups in total. The fraction of sp³-hybridized carbons (Fsp3) is 0.471. The van der Waals surface area contributed by atoms with Gasteiger partial charge in [-0.1, -0.05) is 18.2 Å². The SMILES string of the molecule is CCn1nc(C(=O)N2CC(C)OC(C)C2)c2ccccc2c1=O. The molecule has 0 bridgehead atoms. The molecule has 122 valence electrons. The summed E-state index contributed by atoms with van der Waals surface area (Å²) in [6, 6.07) is 7.15. The molecule has 1 aromatic heterocycles. The van der Waals surface area contributed by atoms with Gasteiger partial charge in [0.1, 0.15) is 0 Å². The molecule has 6 heteroatoms. The van der Waals surface area contributed by atoms with Gasteiger partial charge in [0.25, 0.3) is 11.5 Å². The van der Waals surface area contributed by atoms with E-state index in [1.165, 1.54) is 4.68 Å². The maximum Gasteiger partial charge on any atom is 0.275 e. The van der Waals surface area contributed by atoms with Crippen LogP contribution < -0.4 is 5.56 Å². The number of aryl methyl sites for hydroxylation is 1. The molecule has 1 amide bonds. The van der Waals surface area contributed by atoms with Crippen molar-refractivity contribution in [3.05, 3.63) is 40.3 Å². The second-order valence-corrected chi connectivity index (χ2v) is 5.98. The Hall–Kier alpha value is -2.21. The average molecular weight is 315 g/mol. The number of morpholine rings is 1. The van der Waals surface area contributed by atoms with Gasteiger partial charge in [-0.2, -0.15) is 5.10 Å². The number of aromatic nitrogens is 2. The third-order valence-electron chi connectivity index (χ3n) is 4.08. The van der Waals surface area contributed by atoms with Crippen LogP contribution in [0.1, 0.15) is 31.3 Å². The van der Waals surface area contributed by atoms with Crippen LogP contribution in [-0.4, -0.2) is 45.9 Å². The van der Waals surface area contributed by atoms with Crippen LogP contribution in [0.2, 0.25) is 0 Å². The minimum Gasteiger partial charge on any atom is -0.372 e. The first-order chi connectivity index (χ1) is 11.0. The second kappa shape index (κ2) is 6.12. The number of hydrogen-bond acceptors (Lipinski definition) is 4. The highest BCUT2D eigenvalue weighted by Gasteiger charge is 2.29. The molecule has 0 spiro atoms. The summed E-state index contributed by atoms with van der Waals surface area (Å²) in [4.78, 5) is 27.1. The summed E-state index contributed by atoms with van der Waals surface area (Å²) in [6.07, 6.45) is -0.0166. The molecule has 6 nitrogen and oxygen atoms in total. The summed E-state index contributed by atoms with van der Waals surface area (Å²) >= 11 is 0. The lowest BCUT2D eigenvalue weighted by Crippen LogP contribution is -2.48. The summed E-state index contributed by atoms with van der Waals surface area (Å²) in [6.45, 7) is 7.24. The van der Waals surface area contributed by atoms with E-state index in [4.69, 9.17) is 4.74 Å². The molecule has 2 atom stereocenters. The van der Waals surface area contributed by atoms with Crippen molar-refractivity contribution in [2.24, 2.45) is 0 Å². The Morgan fingerprint density at radius 3 is 2.43 bits per heavy atom. The van der Waals surface area contributed by atoms with Gasteiger partial charge in [0.05, 0.1) is 17.6 Å². The van der Waals surface area contributed by atoms with Crippen LogP contribution in [0.4, 0.5) is 0 Å². The summed E-state index contributed by atoms with van der Waals surface area (Å²) in [5, 5.41) is 5.46. The van der Waals surface area contributed by atoms with E-state index in [0.717, 1.165) is 0 Å². The Morgan fingerprint density at radius 2 is 1.83 bits per heavy atom. The van der Waals surface area contributed by atoms with Gasteiger partial charge in [0, 0.05) is 25.0 Å². The number of rotatable bonds is 2. The number of hydrogen-bond donors (Lipinski definition) is 0. The fourth-order valence-electron chi connectivity index (χ4n) is 3.10. The summed E-state index contributed by atoms with van der Waals surface area (Å²) in [7, 11) is 0. The van der Waals surface area contributed by atoms with Crippen LogP contribution in [0.3, 0.4) is 0 Å². The van der Waals surface area contributed by atoms with Crippen molar-refractivity contribution in [2.45, 2.75) is 39.5 Å². The van der Waals surface area contributed by atoms with Crippen LogP contribution in [-0.2, 0) is 11.3 Å². The smallest absolute Gasteiger partial charge is 0.275 e. The molecule has 2 aromatic rings. The summed E-state index contributed by atoms with van der Waals surface area (Å²) in [5.74, 6) is -0.148. The molecule has 0 saturated carbocycles. The minimum atomic E-state index is -0.164. The largest absolute Gasteiger partial charge is 0.372 e. The van der Waals surface area contributed by atoms with E-state index in [2.05, 4.69) is 5.10 Å². The predicted octanol–water partition coefficient (Wildman–Crippen LogP) is 1.67. The number of nitrogens with zero attached hydrogens (tertiary/aromatic N) is 3. The maximum absolute atomic E-state index is 13.0. The third-order valence-corrected chi connectivity index (χ3v) is 4.08. The molecule has 3 rings (SSSR count). The molecule has 2 unspecified atom stereocenters. The Labute approximate surface area is 134 Å². The number of fused-ring (bicyclic) bond motifs is 1. The van der Waals surface area contributed by atoms with E-state index in [1.807, 2.05) is 26.8 Å². The highest BCUT2D eigenvalue weighted by molar-refractivity contribution is 6.04. The van der Waals surface area contributed by atoms with Gasteiger partial charge in [-0.3, -0.25) is 9.59 Å². The molecule has 23 heavy (non-hydrogen) atoms. The topological polar surface area (TPSA) is 64.4 Å². The van der Waals surface area contributed by atoms with Crippen molar-refractivity contribution in [2.75, 3.05) is 13.1 Å². The standard InChI is InChI=1S/C17H21N3O3/c1-4-20-16(21)14-8-6-5-7-13(14)15(18-20)17(22)19-9-11(2)23-12(3)10-19/h5-8,11-12H,4,9-10H2,1-3H3. The van der Waals surface area contributed by atoms with E-state index in [9.17, 15) is 9.59 Å². The Kier molecular flexibility index (Phi) is 4.17. The van der Waals surface area contributed by atoms with Gasteiger partial charge in [-0.25, -0.2) is 4.68 Å². The second-order valence-electron chi connectivity index (χ2n) is 5.98. The number of carbonyl (C=O) groups is 1. The number of amides is 1. The van der Waals surface area contributed by atoms with Crippen molar-refractivity contribution in [3.63, 3.8) is 0 Å². The van der Waals surface area contributed by atoms with Crippen molar-refractivity contribution in [3.8, 4) is 0 Å². The first kappa shape index (κ1) is 15.7. The Balaban J connectivity index is 2.10. The maximum atomic E-state index is 13.0. The molecule has 1 saturated heterocycles. The zero-order valence-electron chi connectivity index (χ0n) is 13.7. The molecule has 1 aliphatic rings. The number of carbonyl (C=O) groups excluding carboxylic acids is 1. The molecular weight excluding hydrogens is 294 g/mol. The lowest BCUT2D eigenvalue weighted by molar-refractivity contribution is -0.0587. The molecular formula is C17H21N3O3. The van der Waals surface area contributed by atoms with Crippen molar-refractivity contribution in [1.29, 1.82) is 0 Å². The molecule has 1 aromatic carbocycles. The number of ether oxygens (including phenoxy) is 1. The lowest BCUT2D eigenvalue weighted by atomic mass is 10.1. The Bertz CT molecular complexity index is 789. The van der Waals surface area contributed by atoms with Crippen LogP contribution in [0.25, 0.3) is 10.8 Å². The van der Waals surface area contributed by atoms with E-state index < -0.39 is 0 Å². The predicted molar refractivity (Wildman–Crippen MR) is 87.6 cm³/mol. The van der Waals surface area contributed by atoms with E-state index in [0.29, 0.717) is 36.1 Å². The average Bonchev–Trinajstić information content (AvgIpc) is 2.54. The van der Waals surface area contributed by atoms with Gasteiger partial charge in [0.2, 0.25) is 0 Å². The summed E-state index contributed by atoms with van der Waals surface area (Å²) in [5.41, 5.74) is 0.173. The quantitative estimate of drug-likeness (QED) is 0.845. The van der Waals surface area contributed by atoms with Gasteiger partial charge in [0.15, 0.2) is 5.69 Å². The zero-order chi connectivity index (χ0) is 16.6. The molecule has 1 fully saturated rings.